The minimum atomic E-state index is -1.13. The highest BCUT2D eigenvalue weighted by Crippen LogP contribution is 2.09. The second-order valence-electron chi connectivity index (χ2n) is 6.01. The second-order valence-corrected chi connectivity index (χ2v) is 6.37. The molecule has 150 valence electrons. The first-order valence-corrected chi connectivity index (χ1v) is 9.02. The van der Waals surface area contributed by atoms with Crippen LogP contribution in [0.3, 0.4) is 0 Å². The maximum atomic E-state index is 12.5. The standard InChI is InChI=1S/C15H30N6O4S/c1-3-8(2)11(14(24)25)21-13(23)10(5-4-6-19-15(17)18)20-12(22)9(16)7-26/h8-11,26H,3-7,16H2,1-2H3,(H,20,22)(H,21,23)(H,24,25)(H4,17,18,19)/t8-,9-,10-,11-/m0/s1. The Hall–Kier alpha value is -2.01. The van der Waals surface area contributed by atoms with Crippen molar-refractivity contribution in [2.24, 2.45) is 28.1 Å². The van der Waals surface area contributed by atoms with Crippen LogP contribution >= 0.6 is 12.6 Å². The molecule has 0 rings (SSSR count). The van der Waals surface area contributed by atoms with Crippen LogP contribution in [0.4, 0.5) is 0 Å². The Kier molecular flexibility index (Phi) is 11.4. The maximum Gasteiger partial charge on any atom is 0.326 e. The van der Waals surface area contributed by atoms with Crippen molar-refractivity contribution in [1.29, 1.82) is 0 Å². The Morgan fingerprint density at radius 2 is 1.81 bits per heavy atom. The quantitative estimate of drug-likeness (QED) is 0.0904. The van der Waals surface area contributed by atoms with Gasteiger partial charge in [-0.05, 0) is 18.8 Å². The zero-order chi connectivity index (χ0) is 20.3. The van der Waals surface area contributed by atoms with Crippen LogP contribution in [0, 0.1) is 5.92 Å². The number of aliphatic carboxylic acids is 1. The van der Waals surface area contributed by atoms with Crippen molar-refractivity contribution in [1.82, 2.24) is 10.6 Å². The first-order chi connectivity index (χ1) is 12.1. The number of nitrogens with zero attached hydrogens (tertiary/aromatic N) is 1. The van der Waals surface area contributed by atoms with Crippen LogP contribution in [0.25, 0.3) is 0 Å². The highest BCUT2D eigenvalue weighted by molar-refractivity contribution is 7.80. The molecule has 0 bridgehead atoms. The molecule has 10 nitrogen and oxygen atoms in total. The molecule has 0 aliphatic heterocycles. The fourth-order valence-corrected chi connectivity index (χ4v) is 2.24. The molecule has 0 aromatic heterocycles. The number of rotatable bonds is 12. The number of carbonyl (C=O) groups excluding carboxylic acids is 2. The minimum Gasteiger partial charge on any atom is -0.480 e. The largest absolute Gasteiger partial charge is 0.480 e. The van der Waals surface area contributed by atoms with Crippen LogP contribution in [0.5, 0.6) is 0 Å². The Morgan fingerprint density at radius 1 is 1.19 bits per heavy atom. The molecule has 0 radical (unpaired) electrons. The van der Waals surface area contributed by atoms with Gasteiger partial charge in [0.2, 0.25) is 11.8 Å². The highest BCUT2D eigenvalue weighted by atomic mass is 32.1. The van der Waals surface area contributed by atoms with E-state index in [9.17, 15) is 19.5 Å². The number of carboxylic acids is 1. The van der Waals surface area contributed by atoms with Crippen molar-refractivity contribution in [2.75, 3.05) is 12.3 Å². The number of guanidine groups is 1. The smallest absolute Gasteiger partial charge is 0.326 e. The van der Waals surface area contributed by atoms with Gasteiger partial charge in [0.1, 0.15) is 12.1 Å². The molecule has 26 heavy (non-hydrogen) atoms. The summed E-state index contributed by atoms with van der Waals surface area (Å²) in [5.74, 6) is -2.51. The molecule has 0 saturated carbocycles. The lowest BCUT2D eigenvalue weighted by Crippen LogP contribution is -2.55. The topological polar surface area (TPSA) is 186 Å². The molecule has 0 aliphatic rings. The minimum absolute atomic E-state index is 0.0742. The fraction of sp³-hybridized carbons (Fsp3) is 0.733. The monoisotopic (exact) mass is 390 g/mol. The Labute approximate surface area is 158 Å². The summed E-state index contributed by atoms with van der Waals surface area (Å²) in [6, 6.07) is -2.88. The SMILES string of the molecule is CC[C@H](C)[C@H](NC(=O)[C@H](CCCN=C(N)N)NC(=O)[C@@H](N)CS)C(=O)O. The van der Waals surface area contributed by atoms with E-state index in [0.717, 1.165) is 0 Å². The van der Waals surface area contributed by atoms with E-state index in [-0.39, 0.29) is 30.6 Å². The summed E-state index contributed by atoms with van der Waals surface area (Å²) in [6.07, 6.45) is 1.21. The Balaban J connectivity index is 5.09. The number of carboxylic acid groups (broad SMARTS) is 1. The third-order valence-electron chi connectivity index (χ3n) is 3.89. The van der Waals surface area contributed by atoms with E-state index >= 15 is 0 Å². The second kappa shape index (κ2) is 12.4. The first-order valence-electron chi connectivity index (χ1n) is 8.39. The van der Waals surface area contributed by atoms with E-state index in [1.165, 1.54) is 0 Å². The van der Waals surface area contributed by atoms with Crippen molar-refractivity contribution in [3.8, 4) is 0 Å². The van der Waals surface area contributed by atoms with Crippen LogP contribution in [-0.2, 0) is 14.4 Å². The molecule has 2 amide bonds. The van der Waals surface area contributed by atoms with Gasteiger partial charge < -0.3 is 32.9 Å². The van der Waals surface area contributed by atoms with E-state index in [1.54, 1.807) is 6.92 Å². The van der Waals surface area contributed by atoms with Gasteiger partial charge in [0.05, 0.1) is 6.04 Å². The van der Waals surface area contributed by atoms with Gasteiger partial charge in [0.15, 0.2) is 5.96 Å². The summed E-state index contributed by atoms with van der Waals surface area (Å²) in [4.78, 5) is 39.7. The van der Waals surface area contributed by atoms with Gasteiger partial charge in [0.25, 0.3) is 0 Å². The van der Waals surface area contributed by atoms with Gasteiger partial charge in [-0.25, -0.2) is 4.79 Å². The third-order valence-corrected chi connectivity index (χ3v) is 4.28. The molecule has 0 aliphatic carbocycles. The average Bonchev–Trinajstić information content (AvgIpc) is 2.59. The van der Waals surface area contributed by atoms with E-state index < -0.39 is 35.9 Å². The summed E-state index contributed by atoms with van der Waals surface area (Å²) in [6.45, 7) is 3.82. The van der Waals surface area contributed by atoms with Crippen LogP contribution in [0.2, 0.25) is 0 Å². The highest BCUT2D eigenvalue weighted by Gasteiger charge is 2.30. The number of nitrogens with two attached hydrogens (primary N) is 3. The van der Waals surface area contributed by atoms with E-state index in [0.29, 0.717) is 12.8 Å². The number of carbonyl (C=O) groups is 3. The molecule has 0 heterocycles. The molecular weight excluding hydrogens is 360 g/mol. The lowest BCUT2D eigenvalue weighted by molar-refractivity contribution is -0.143. The molecular formula is C15H30N6O4S. The van der Waals surface area contributed by atoms with Crippen molar-refractivity contribution >= 4 is 36.4 Å². The summed E-state index contributed by atoms with van der Waals surface area (Å²) >= 11 is 3.95. The van der Waals surface area contributed by atoms with Gasteiger partial charge in [-0.15, -0.1) is 0 Å². The molecule has 11 heteroatoms. The lowest BCUT2D eigenvalue weighted by atomic mass is 9.98. The van der Waals surface area contributed by atoms with Gasteiger partial charge in [0, 0.05) is 12.3 Å². The van der Waals surface area contributed by atoms with Crippen LogP contribution in [0.15, 0.2) is 4.99 Å². The average molecular weight is 391 g/mol. The van der Waals surface area contributed by atoms with Gasteiger partial charge in [-0.2, -0.15) is 12.6 Å². The summed E-state index contributed by atoms with van der Waals surface area (Å²) in [5, 5.41) is 14.3. The summed E-state index contributed by atoms with van der Waals surface area (Å²) in [5.41, 5.74) is 16.1. The normalized spacial score (nSPS) is 15.2. The van der Waals surface area contributed by atoms with Crippen LogP contribution in [0.1, 0.15) is 33.1 Å². The van der Waals surface area contributed by atoms with Gasteiger partial charge in [-0.3, -0.25) is 14.6 Å². The number of amides is 2. The van der Waals surface area contributed by atoms with Crippen LogP contribution < -0.4 is 27.8 Å². The molecule has 0 aromatic rings. The van der Waals surface area contributed by atoms with Crippen molar-refractivity contribution in [3.63, 3.8) is 0 Å². The fourth-order valence-electron chi connectivity index (χ4n) is 2.07. The number of hydrogen-bond donors (Lipinski definition) is 7. The number of hydrogen-bond acceptors (Lipinski definition) is 6. The zero-order valence-corrected chi connectivity index (χ0v) is 16.0. The van der Waals surface area contributed by atoms with Gasteiger partial charge >= 0.3 is 5.97 Å². The molecule has 0 unspecified atom stereocenters. The molecule has 0 spiro atoms. The molecule has 9 N–H and O–H groups in total. The number of thiol groups is 1. The van der Waals surface area contributed by atoms with Crippen LogP contribution in [-0.4, -0.2) is 59.3 Å². The molecule has 0 fully saturated rings. The Morgan fingerprint density at radius 3 is 2.27 bits per heavy atom. The molecule has 0 aromatic carbocycles. The predicted molar refractivity (Wildman–Crippen MR) is 103 cm³/mol. The molecule has 4 atom stereocenters. The lowest BCUT2D eigenvalue weighted by Gasteiger charge is -2.25. The molecule has 0 saturated heterocycles. The van der Waals surface area contributed by atoms with Crippen molar-refractivity contribution < 1.29 is 19.5 Å². The zero-order valence-electron chi connectivity index (χ0n) is 15.1. The summed E-state index contributed by atoms with van der Waals surface area (Å²) < 4.78 is 0. The predicted octanol–water partition coefficient (Wildman–Crippen LogP) is -1.60. The number of nitrogens with one attached hydrogen (secondary N) is 2. The number of aliphatic imine (C=N–C) groups is 1. The van der Waals surface area contributed by atoms with E-state index in [4.69, 9.17) is 17.2 Å². The van der Waals surface area contributed by atoms with Crippen molar-refractivity contribution in [3.05, 3.63) is 0 Å². The third kappa shape index (κ3) is 8.90. The Bertz CT molecular complexity index is 512. The first kappa shape index (κ1) is 24.0. The van der Waals surface area contributed by atoms with Gasteiger partial charge in [-0.1, -0.05) is 20.3 Å². The van der Waals surface area contributed by atoms with Crippen molar-refractivity contribution in [2.45, 2.75) is 51.2 Å². The van der Waals surface area contributed by atoms with E-state index in [1.807, 2.05) is 6.92 Å². The maximum absolute atomic E-state index is 12.5. The summed E-state index contributed by atoms with van der Waals surface area (Å²) in [7, 11) is 0. The van der Waals surface area contributed by atoms with E-state index in [2.05, 4.69) is 28.3 Å².